The minimum Gasteiger partial charge on any atom is -0.494 e. The first-order valence-electron chi connectivity index (χ1n) is 8.99. The molecule has 3 aromatic carbocycles. The molecule has 3 nitrogen and oxygen atoms in total. The fourth-order valence-electron chi connectivity index (χ4n) is 2.89. The Labute approximate surface area is 168 Å². The zero-order chi connectivity index (χ0) is 19.1. The van der Waals surface area contributed by atoms with Crippen LogP contribution in [-0.2, 0) is 0 Å². The van der Waals surface area contributed by atoms with Crippen LogP contribution < -0.4 is 10.1 Å². The van der Waals surface area contributed by atoms with Crippen LogP contribution in [0.3, 0.4) is 0 Å². The number of anilines is 1. The summed E-state index contributed by atoms with van der Waals surface area (Å²) in [5.41, 5.74) is 2.75. The molecule has 4 heteroatoms. The summed E-state index contributed by atoms with van der Waals surface area (Å²) in [6.07, 6.45) is 0.374. The second-order valence-corrected chi connectivity index (χ2v) is 7.11. The SMILES string of the molecule is CCOc1ccc(NC(CC(=O)c2ccccc2)c2ccc(Br)cc2)cc1. The molecule has 0 radical (unpaired) electrons. The second kappa shape index (κ2) is 9.38. The van der Waals surface area contributed by atoms with Crippen LogP contribution in [0.15, 0.2) is 83.3 Å². The van der Waals surface area contributed by atoms with E-state index in [0.29, 0.717) is 13.0 Å². The molecule has 3 aromatic rings. The lowest BCUT2D eigenvalue weighted by Crippen LogP contribution is -2.15. The highest BCUT2D eigenvalue weighted by molar-refractivity contribution is 9.10. The van der Waals surface area contributed by atoms with Crippen LogP contribution in [-0.4, -0.2) is 12.4 Å². The molecular weight excluding hydrogens is 402 g/mol. The molecule has 0 aliphatic rings. The topological polar surface area (TPSA) is 38.3 Å². The second-order valence-electron chi connectivity index (χ2n) is 6.20. The monoisotopic (exact) mass is 423 g/mol. The first kappa shape index (κ1) is 19.2. The number of rotatable bonds is 8. The zero-order valence-corrected chi connectivity index (χ0v) is 16.8. The fourth-order valence-corrected chi connectivity index (χ4v) is 3.15. The van der Waals surface area contributed by atoms with Gasteiger partial charge in [0.15, 0.2) is 5.78 Å². The Morgan fingerprint density at radius 2 is 1.63 bits per heavy atom. The van der Waals surface area contributed by atoms with Crippen LogP contribution in [0.2, 0.25) is 0 Å². The molecule has 0 aromatic heterocycles. The molecule has 0 saturated heterocycles. The van der Waals surface area contributed by atoms with Crippen molar-refractivity contribution in [1.82, 2.24) is 0 Å². The van der Waals surface area contributed by atoms with Crippen molar-refractivity contribution in [2.45, 2.75) is 19.4 Å². The Morgan fingerprint density at radius 3 is 2.26 bits per heavy atom. The Morgan fingerprint density at radius 1 is 0.963 bits per heavy atom. The predicted octanol–water partition coefficient (Wildman–Crippen LogP) is 6.27. The zero-order valence-electron chi connectivity index (χ0n) is 15.2. The van der Waals surface area contributed by atoms with Gasteiger partial charge in [0.1, 0.15) is 5.75 Å². The van der Waals surface area contributed by atoms with Crippen LogP contribution in [0.1, 0.15) is 35.3 Å². The lowest BCUT2D eigenvalue weighted by Gasteiger charge is -2.20. The summed E-state index contributed by atoms with van der Waals surface area (Å²) in [4.78, 5) is 12.8. The van der Waals surface area contributed by atoms with E-state index in [1.165, 1.54) is 0 Å². The number of carbonyl (C=O) groups excluding carboxylic acids is 1. The Hall–Kier alpha value is -2.59. The number of benzene rings is 3. The number of hydrogen-bond donors (Lipinski definition) is 1. The lowest BCUT2D eigenvalue weighted by atomic mass is 9.97. The van der Waals surface area contributed by atoms with E-state index in [-0.39, 0.29) is 11.8 Å². The van der Waals surface area contributed by atoms with E-state index >= 15 is 0 Å². The number of ether oxygens (including phenoxy) is 1. The van der Waals surface area contributed by atoms with E-state index in [1.807, 2.05) is 85.8 Å². The molecule has 0 spiro atoms. The highest BCUT2D eigenvalue weighted by Gasteiger charge is 2.17. The first-order valence-corrected chi connectivity index (χ1v) is 9.78. The van der Waals surface area contributed by atoms with Crippen molar-refractivity contribution in [3.63, 3.8) is 0 Å². The van der Waals surface area contributed by atoms with E-state index in [9.17, 15) is 4.79 Å². The van der Waals surface area contributed by atoms with Crippen LogP contribution >= 0.6 is 15.9 Å². The van der Waals surface area contributed by atoms with Crippen molar-refractivity contribution < 1.29 is 9.53 Å². The highest BCUT2D eigenvalue weighted by atomic mass is 79.9. The van der Waals surface area contributed by atoms with Gasteiger partial charge in [-0.3, -0.25) is 4.79 Å². The summed E-state index contributed by atoms with van der Waals surface area (Å²) in [7, 11) is 0. The van der Waals surface area contributed by atoms with Gasteiger partial charge in [0.2, 0.25) is 0 Å². The van der Waals surface area contributed by atoms with Gasteiger partial charge in [-0.2, -0.15) is 0 Å². The predicted molar refractivity (Wildman–Crippen MR) is 114 cm³/mol. The van der Waals surface area contributed by atoms with Crippen molar-refractivity contribution in [2.75, 3.05) is 11.9 Å². The first-order chi connectivity index (χ1) is 13.2. The van der Waals surface area contributed by atoms with E-state index in [4.69, 9.17) is 4.74 Å². The number of ketones is 1. The summed E-state index contributed by atoms with van der Waals surface area (Å²) < 4.78 is 6.51. The van der Waals surface area contributed by atoms with Crippen LogP contribution in [0.25, 0.3) is 0 Å². The van der Waals surface area contributed by atoms with E-state index < -0.39 is 0 Å². The average molecular weight is 424 g/mol. The van der Waals surface area contributed by atoms with Gasteiger partial charge in [-0.15, -0.1) is 0 Å². The minimum atomic E-state index is -0.122. The van der Waals surface area contributed by atoms with Crippen molar-refractivity contribution in [3.8, 4) is 5.75 Å². The minimum absolute atomic E-state index is 0.113. The normalized spacial score (nSPS) is 11.6. The molecule has 0 saturated carbocycles. The van der Waals surface area contributed by atoms with Gasteiger partial charge in [-0.25, -0.2) is 0 Å². The van der Waals surface area contributed by atoms with Gasteiger partial charge in [-0.05, 0) is 48.9 Å². The highest BCUT2D eigenvalue weighted by Crippen LogP contribution is 2.27. The molecule has 0 bridgehead atoms. The van der Waals surface area contributed by atoms with Gasteiger partial charge in [0.05, 0.1) is 12.6 Å². The average Bonchev–Trinajstić information content (AvgIpc) is 2.70. The molecule has 138 valence electrons. The van der Waals surface area contributed by atoms with Crippen LogP contribution in [0.4, 0.5) is 5.69 Å². The van der Waals surface area contributed by atoms with Gasteiger partial charge >= 0.3 is 0 Å². The quantitative estimate of drug-likeness (QED) is 0.433. The Bertz CT molecular complexity index is 861. The van der Waals surface area contributed by atoms with Crippen molar-refractivity contribution in [3.05, 3.63) is 94.5 Å². The van der Waals surface area contributed by atoms with Crippen molar-refractivity contribution >= 4 is 27.4 Å². The molecule has 0 aliphatic heterocycles. The summed E-state index contributed by atoms with van der Waals surface area (Å²) >= 11 is 3.47. The number of halogens is 1. The third-order valence-corrected chi connectivity index (χ3v) is 4.79. The van der Waals surface area contributed by atoms with E-state index in [2.05, 4.69) is 21.2 Å². The Kier molecular flexibility index (Phi) is 6.66. The largest absolute Gasteiger partial charge is 0.494 e. The summed E-state index contributed by atoms with van der Waals surface area (Å²) in [6, 6.07) is 25.2. The number of Topliss-reactive ketones (excluding diaryl/α,β-unsaturated/α-hetero) is 1. The smallest absolute Gasteiger partial charge is 0.165 e. The fraction of sp³-hybridized carbons (Fsp3) is 0.174. The van der Waals surface area contributed by atoms with Gasteiger partial charge < -0.3 is 10.1 Å². The molecular formula is C23H22BrNO2. The summed E-state index contributed by atoms with van der Waals surface area (Å²) in [5.74, 6) is 0.950. The number of hydrogen-bond acceptors (Lipinski definition) is 3. The molecule has 0 aliphatic carbocycles. The maximum atomic E-state index is 12.8. The summed E-state index contributed by atoms with van der Waals surface area (Å²) in [6.45, 7) is 2.60. The van der Waals surface area contributed by atoms with Gasteiger partial charge in [0.25, 0.3) is 0 Å². The van der Waals surface area contributed by atoms with Crippen LogP contribution in [0, 0.1) is 0 Å². The van der Waals surface area contributed by atoms with Gasteiger partial charge in [-0.1, -0.05) is 58.4 Å². The number of nitrogens with one attached hydrogen (secondary N) is 1. The molecule has 1 unspecified atom stereocenters. The van der Waals surface area contributed by atoms with E-state index in [0.717, 1.165) is 27.0 Å². The van der Waals surface area contributed by atoms with E-state index in [1.54, 1.807) is 0 Å². The molecule has 0 fully saturated rings. The van der Waals surface area contributed by atoms with Crippen LogP contribution in [0.5, 0.6) is 5.75 Å². The maximum absolute atomic E-state index is 12.8. The molecule has 0 heterocycles. The number of carbonyl (C=O) groups is 1. The standard InChI is InChI=1S/C23H22BrNO2/c1-2-27-21-14-12-20(13-15-21)25-22(17-8-10-19(24)11-9-17)16-23(26)18-6-4-3-5-7-18/h3-15,22,25H,2,16H2,1H3. The lowest BCUT2D eigenvalue weighted by molar-refractivity contribution is 0.0976. The van der Waals surface area contributed by atoms with Crippen molar-refractivity contribution in [2.24, 2.45) is 0 Å². The van der Waals surface area contributed by atoms with Crippen molar-refractivity contribution in [1.29, 1.82) is 0 Å². The molecule has 1 atom stereocenters. The molecule has 0 amide bonds. The maximum Gasteiger partial charge on any atom is 0.165 e. The third-order valence-electron chi connectivity index (χ3n) is 4.26. The Balaban J connectivity index is 1.81. The molecule has 3 rings (SSSR count). The van der Waals surface area contributed by atoms with Gasteiger partial charge in [0, 0.05) is 22.1 Å². The molecule has 1 N–H and O–H groups in total. The molecule has 27 heavy (non-hydrogen) atoms. The summed E-state index contributed by atoms with van der Waals surface area (Å²) in [5, 5.41) is 3.49. The third kappa shape index (κ3) is 5.44.